The normalized spacial score (nSPS) is 11.8. The van der Waals surface area contributed by atoms with Crippen LogP contribution in [0.5, 0.6) is 11.5 Å². The van der Waals surface area contributed by atoms with Gasteiger partial charge in [-0.25, -0.2) is 19.2 Å². The number of benzene rings is 2. The van der Waals surface area contributed by atoms with Crippen LogP contribution in [0.15, 0.2) is 48.5 Å². The molecule has 0 aliphatic rings. The fourth-order valence-corrected chi connectivity index (χ4v) is 2.82. The number of carbonyl (C=O) groups excluding carboxylic acids is 4. The molecule has 2 rings (SSSR count). The van der Waals surface area contributed by atoms with Crippen molar-refractivity contribution < 1.29 is 52.3 Å². The molecule has 0 aromatic heterocycles. The van der Waals surface area contributed by atoms with Crippen LogP contribution in [0, 0.1) is 0 Å². The Morgan fingerprint density at radius 1 is 0.615 bits per heavy atom. The van der Waals surface area contributed by atoms with Gasteiger partial charge in [0.15, 0.2) is 12.2 Å². The molecule has 2 aromatic carbocycles. The topological polar surface area (TPSA) is 157 Å². The van der Waals surface area contributed by atoms with Gasteiger partial charge in [-0.2, -0.15) is 0 Å². The highest BCUT2D eigenvalue weighted by molar-refractivity contribution is 5.85. The van der Waals surface area contributed by atoms with E-state index in [9.17, 15) is 19.2 Å². The Bertz CT molecular complexity index is 989. The minimum absolute atomic E-state index is 0.0111. The Kier molecular flexibility index (Phi) is 12.9. The maximum absolute atomic E-state index is 12.1. The van der Waals surface area contributed by atoms with Crippen molar-refractivity contribution in [2.45, 2.75) is 26.1 Å². The summed E-state index contributed by atoms with van der Waals surface area (Å²) in [6.07, 6.45) is -2.93. The van der Waals surface area contributed by atoms with Crippen molar-refractivity contribution in [3.63, 3.8) is 0 Å². The third-order valence-electron chi connectivity index (χ3n) is 4.81. The molecule has 0 saturated carbocycles. The molecule has 0 saturated heterocycles. The number of esters is 2. The first-order chi connectivity index (χ1) is 18.7. The molecular weight excluding hydrogens is 516 g/mol. The zero-order valence-electron chi connectivity index (χ0n) is 22.1. The van der Waals surface area contributed by atoms with E-state index in [4.69, 9.17) is 23.7 Å². The molecule has 39 heavy (non-hydrogen) atoms. The second kappa shape index (κ2) is 16.3. The molecule has 2 unspecified atom stereocenters. The molecule has 0 radical (unpaired) electrons. The fourth-order valence-electron chi connectivity index (χ4n) is 2.82. The second-order valence-electron chi connectivity index (χ2n) is 7.75. The van der Waals surface area contributed by atoms with E-state index in [1.54, 1.807) is 62.4 Å². The van der Waals surface area contributed by atoms with E-state index in [0.29, 0.717) is 22.9 Å². The van der Waals surface area contributed by atoms with E-state index in [-0.39, 0.29) is 26.4 Å². The summed E-state index contributed by atoms with van der Waals surface area (Å²) in [4.78, 5) is 46.6. The maximum atomic E-state index is 12.1. The lowest BCUT2D eigenvalue weighted by atomic mass is 10.3. The standard InChI is InChI=1S/C26H32N2O11/c1-17(38-21-9-5-19(6-10-21)27-25(31)33-3)23(29)36-15-13-35-14-16-37-24(30)18(2)39-22-11-7-20(8-12-22)28-26(32)34-4/h5-12,17-18H,13-16H2,1-4H3,(H,27,31)(H,28,32). The van der Waals surface area contributed by atoms with Crippen LogP contribution in [0.3, 0.4) is 0 Å². The summed E-state index contributed by atoms with van der Waals surface area (Å²) in [7, 11) is 2.52. The van der Waals surface area contributed by atoms with Crippen LogP contribution in [0.4, 0.5) is 21.0 Å². The predicted octanol–water partition coefficient (Wildman–Crippen LogP) is 3.38. The first-order valence-corrected chi connectivity index (χ1v) is 11.9. The fraction of sp³-hybridized carbons (Fsp3) is 0.385. The van der Waals surface area contributed by atoms with Gasteiger partial charge < -0.3 is 33.2 Å². The van der Waals surface area contributed by atoms with Gasteiger partial charge in [0.1, 0.15) is 24.7 Å². The van der Waals surface area contributed by atoms with Gasteiger partial charge in [-0.15, -0.1) is 0 Å². The van der Waals surface area contributed by atoms with Crippen LogP contribution in [-0.4, -0.2) is 77.0 Å². The number of anilines is 2. The molecule has 0 fully saturated rings. The number of nitrogens with one attached hydrogen (secondary N) is 2. The first kappa shape index (κ1) is 30.7. The largest absolute Gasteiger partial charge is 0.479 e. The minimum atomic E-state index is -0.868. The number of hydrogen-bond acceptors (Lipinski definition) is 11. The molecule has 2 atom stereocenters. The molecule has 2 N–H and O–H groups in total. The zero-order chi connectivity index (χ0) is 28.6. The number of hydrogen-bond donors (Lipinski definition) is 2. The second-order valence-corrected chi connectivity index (χ2v) is 7.75. The molecule has 2 amide bonds. The van der Waals surface area contributed by atoms with Gasteiger partial charge in [-0.05, 0) is 62.4 Å². The van der Waals surface area contributed by atoms with Crippen LogP contribution in [-0.2, 0) is 33.3 Å². The average Bonchev–Trinajstić information content (AvgIpc) is 2.94. The Balaban J connectivity index is 1.57. The molecule has 13 heteroatoms. The highest BCUT2D eigenvalue weighted by atomic mass is 16.6. The van der Waals surface area contributed by atoms with E-state index in [0.717, 1.165) is 0 Å². The van der Waals surface area contributed by atoms with Crippen molar-refractivity contribution in [1.82, 2.24) is 0 Å². The SMILES string of the molecule is COC(=O)Nc1ccc(OC(C)C(=O)OCCOCCOC(=O)C(C)Oc2ccc(NC(=O)OC)cc2)cc1. The number of rotatable bonds is 14. The number of ether oxygens (including phenoxy) is 7. The summed E-state index contributed by atoms with van der Waals surface area (Å²) in [6.45, 7) is 3.26. The van der Waals surface area contributed by atoms with Gasteiger partial charge in [-0.3, -0.25) is 10.6 Å². The Morgan fingerprint density at radius 2 is 0.974 bits per heavy atom. The highest BCUT2D eigenvalue weighted by Crippen LogP contribution is 2.18. The molecular formula is C26H32N2O11. The third kappa shape index (κ3) is 11.6. The molecule has 0 spiro atoms. The van der Waals surface area contributed by atoms with E-state index >= 15 is 0 Å². The van der Waals surface area contributed by atoms with Crippen molar-refractivity contribution in [1.29, 1.82) is 0 Å². The van der Waals surface area contributed by atoms with Crippen molar-refractivity contribution in [2.24, 2.45) is 0 Å². The smallest absolute Gasteiger partial charge is 0.411 e. The van der Waals surface area contributed by atoms with E-state index < -0.39 is 36.3 Å². The summed E-state index contributed by atoms with van der Waals surface area (Å²) in [5, 5.41) is 5.01. The summed E-state index contributed by atoms with van der Waals surface area (Å²) in [5.41, 5.74) is 1.02. The molecule has 13 nitrogen and oxygen atoms in total. The van der Waals surface area contributed by atoms with Gasteiger partial charge >= 0.3 is 24.1 Å². The summed E-state index contributed by atoms with van der Waals surface area (Å²) >= 11 is 0. The Labute approximate surface area is 225 Å². The number of methoxy groups -OCH3 is 2. The van der Waals surface area contributed by atoms with Crippen molar-refractivity contribution >= 4 is 35.5 Å². The lowest BCUT2D eigenvalue weighted by Crippen LogP contribution is -2.28. The number of carbonyl (C=O) groups is 4. The minimum Gasteiger partial charge on any atom is -0.479 e. The Morgan fingerprint density at radius 3 is 1.31 bits per heavy atom. The van der Waals surface area contributed by atoms with Gasteiger partial charge in [-0.1, -0.05) is 0 Å². The monoisotopic (exact) mass is 548 g/mol. The van der Waals surface area contributed by atoms with Crippen LogP contribution in [0.1, 0.15) is 13.8 Å². The maximum Gasteiger partial charge on any atom is 0.411 e. The quantitative estimate of drug-likeness (QED) is 0.203. The van der Waals surface area contributed by atoms with E-state index in [1.165, 1.54) is 14.2 Å². The molecule has 0 aliphatic heterocycles. The summed E-state index contributed by atoms with van der Waals surface area (Å²) < 4.78 is 35.6. The Hall–Kier alpha value is -4.52. The van der Waals surface area contributed by atoms with Crippen LogP contribution >= 0.6 is 0 Å². The first-order valence-electron chi connectivity index (χ1n) is 11.9. The highest BCUT2D eigenvalue weighted by Gasteiger charge is 2.18. The average molecular weight is 549 g/mol. The summed E-state index contributed by atoms with van der Waals surface area (Å²) in [5.74, 6) is -0.332. The van der Waals surface area contributed by atoms with Crippen LogP contribution in [0.2, 0.25) is 0 Å². The van der Waals surface area contributed by atoms with Crippen LogP contribution < -0.4 is 20.1 Å². The summed E-state index contributed by atoms with van der Waals surface area (Å²) in [6, 6.07) is 12.8. The molecule has 0 bridgehead atoms. The molecule has 0 heterocycles. The number of amides is 2. The zero-order valence-corrected chi connectivity index (χ0v) is 22.1. The predicted molar refractivity (Wildman–Crippen MR) is 138 cm³/mol. The van der Waals surface area contributed by atoms with Crippen molar-refractivity contribution in [3.8, 4) is 11.5 Å². The van der Waals surface area contributed by atoms with Gasteiger partial charge in [0.25, 0.3) is 0 Å². The molecule has 0 aliphatic carbocycles. The van der Waals surface area contributed by atoms with Gasteiger partial charge in [0, 0.05) is 11.4 Å². The lowest BCUT2D eigenvalue weighted by Gasteiger charge is -2.15. The third-order valence-corrected chi connectivity index (χ3v) is 4.81. The van der Waals surface area contributed by atoms with Gasteiger partial charge in [0.2, 0.25) is 0 Å². The van der Waals surface area contributed by atoms with E-state index in [1.807, 2.05) is 0 Å². The lowest BCUT2D eigenvalue weighted by molar-refractivity contribution is -0.154. The molecule has 212 valence electrons. The molecule has 2 aromatic rings. The van der Waals surface area contributed by atoms with Crippen molar-refractivity contribution in [3.05, 3.63) is 48.5 Å². The van der Waals surface area contributed by atoms with Crippen LogP contribution in [0.25, 0.3) is 0 Å². The van der Waals surface area contributed by atoms with Crippen molar-refractivity contribution in [2.75, 3.05) is 51.3 Å². The van der Waals surface area contributed by atoms with E-state index in [2.05, 4.69) is 20.1 Å². The van der Waals surface area contributed by atoms with Gasteiger partial charge in [0.05, 0.1) is 27.4 Å².